The summed E-state index contributed by atoms with van der Waals surface area (Å²) in [5.74, 6) is 1.37. The van der Waals surface area contributed by atoms with Crippen LogP contribution in [0.1, 0.15) is 73.6 Å². The van der Waals surface area contributed by atoms with Crippen molar-refractivity contribution in [2.75, 3.05) is 6.54 Å². The first-order chi connectivity index (χ1) is 20.5. The quantitative estimate of drug-likeness (QED) is 0.316. The number of hydrogen-bond acceptors (Lipinski definition) is 6. The summed E-state index contributed by atoms with van der Waals surface area (Å²) in [5, 5.41) is 1.96. The molecule has 8 nitrogen and oxygen atoms in total. The maximum Gasteiger partial charge on any atom is 0.481 e. The second-order valence-corrected chi connectivity index (χ2v) is 15.1. The molecule has 3 aliphatic carbocycles. The molecule has 1 unspecified atom stereocenters. The molecule has 5 aliphatic rings. The lowest BCUT2D eigenvalue weighted by molar-refractivity contribution is -0.199. The largest absolute Gasteiger partial charge is 0.481 e. The van der Waals surface area contributed by atoms with E-state index in [9.17, 15) is 9.59 Å². The Morgan fingerprint density at radius 1 is 1.07 bits per heavy atom. The van der Waals surface area contributed by atoms with Gasteiger partial charge >= 0.3 is 7.12 Å². The molecule has 5 heterocycles. The molecule has 8 rings (SSSR count). The Morgan fingerprint density at radius 2 is 1.74 bits per heavy atom. The number of hydrogen-bond donors (Lipinski definition) is 0. The minimum Gasteiger partial charge on any atom is -0.404 e. The first-order valence-electron chi connectivity index (χ1n) is 16.3. The molecule has 9 heteroatoms. The Labute approximate surface area is 255 Å². The monoisotopic (exact) mass is 584 g/mol. The van der Waals surface area contributed by atoms with Crippen LogP contribution in [0.3, 0.4) is 0 Å². The van der Waals surface area contributed by atoms with Gasteiger partial charge in [0.2, 0.25) is 5.91 Å². The van der Waals surface area contributed by atoms with Crippen LogP contribution in [0.2, 0.25) is 0 Å². The Balaban J connectivity index is 1.11. The summed E-state index contributed by atoms with van der Waals surface area (Å²) in [7, 11) is -0.437. The summed E-state index contributed by atoms with van der Waals surface area (Å²) in [6, 6.07) is 7.84. The van der Waals surface area contributed by atoms with Gasteiger partial charge in [-0.3, -0.25) is 9.59 Å². The molecule has 43 heavy (non-hydrogen) atoms. The molecular weight excluding hydrogens is 539 g/mol. The number of carbonyl (C=O) groups is 2. The van der Waals surface area contributed by atoms with E-state index in [2.05, 4.69) is 51.5 Å². The van der Waals surface area contributed by atoms with Gasteiger partial charge in [-0.15, -0.1) is 0 Å². The van der Waals surface area contributed by atoms with Gasteiger partial charge in [-0.05, 0) is 86.0 Å². The number of piperidine rings is 1. The fourth-order valence-electron chi connectivity index (χ4n) is 9.13. The number of amides is 1. The van der Waals surface area contributed by atoms with E-state index in [-0.39, 0.29) is 59.6 Å². The zero-order valence-corrected chi connectivity index (χ0v) is 26.5. The number of carbonyl (C=O) groups excluding carboxylic acids is 2. The predicted octanol–water partition coefficient (Wildman–Crippen LogP) is 5.71. The third kappa shape index (κ3) is 4.64. The zero-order chi connectivity index (χ0) is 30.3. The summed E-state index contributed by atoms with van der Waals surface area (Å²) >= 11 is 0. The van der Waals surface area contributed by atoms with Crippen LogP contribution in [-0.2, 0) is 25.4 Å². The number of nitrogens with zero attached hydrogens (tertiary/aromatic N) is 4. The van der Waals surface area contributed by atoms with Crippen molar-refractivity contribution < 1.29 is 18.9 Å². The Morgan fingerprint density at radius 3 is 2.37 bits per heavy atom. The third-order valence-corrected chi connectivity index (χ3v) is 11.4. The van der Waals surface area contributed by atoms with Crippen molar-refractivity contribution in [3.8, 4) is 0 Å². The number of rotatable bonds is 8. The topological polar surface area (TPSA) is 86.6 Å². The van der Waals surface area contributed by atoms with Gasteiger partial charge in [-0.2, -0.15) is 0 Å². The van der Waals surface area contributed by atoms with Crippen LogP contribution >= 0.6 is 0 Å². The second kappa shape index (κ2) is 10.4. The molecule has 3 saturated carbocycles. The van der Waals surface area contributed by atoms with E-state index in [0.29, 0.717) is 30.7 Å². The predicted molar refractivity (Wildman–Crippen MR) is 167 cm³/mol. The van der Waals surface area contributed by atoms with Gasteiger partial charge in [0.05, 0.1) is 24.2 Å². The van der Waals surface area contributed by atoms with Crippen LogP contribution in [0, 0.1) is 35.0 Å². The van der Waals surface area contributed by atoms with E-state index in [0.717, 1.165) is 34.9 Å². The van der Waals surface area contributed by atoms with Crippen LogP contribution in [0.5, 0.6) is 0 Å². The van der Waals surface area contributed by atoms with Crippen molar-refractivity contribution in [3.63, 3.8) is 0 Å². The number of Topliss-reactive ketones (excluding diaryl/α,β-unsaturated/α-hetero) is 1. The van der Waals surface area contributed by atoms with Crippen molar-refractivity contribution in [3.05, 3.63) is 36.7 Å². The first-order valence-corrected chi connectivity index (χ1v) is 16.3. The highest BCUT2D eigenvalue weighted by Gasteiger charge is 2.69. The number of likely N-dealkylation sites (tertiary alicyclic amines) is 1. The lowest BCUT2D eigenvalue weighted by Crippen LogP contribution is -2.65. The zero-order valence-electron chi connectivity index (χ0n) is 26.5. The minimum atomic E-state index is -0.437. The third-order valence-electron chi connectivity index (χ3n) is 11.4. The molecule has 2 aliphatic heterocycles. The molecule has 5 fully saturated rings. The number of pyridine rings is 2. The van der Waals surface area contributed by atoms with Crippen molar-refractivity contribution >= 4 is 40.9 Å². The fraction of sp³-hybridized carbons (Fsp3) is 0.647. The van der Waals surface area contributed by atoms with Gasteiger partial charge in [0.15, 0.2) is 5.78 Å². The number of fused-ring (bicyclic) bond motifs is 3. The molecule has 0 aromatic carbocycles. The highest BCUT2D eigenvalue weighted by molar-refractivity contribution is 6.47. The number of aromatic nitrogens is 3. The van der Waals surface area contributed by atoms with Gasteiger partial charge in [0.1, 0.15) is 11.3 Å². The van der Waals surface area contributed by atoms with Crippen LogP contribution in [0.4, 0.5) is 0 Å². The average molecular weight is 585 g/mol. The molecule has 0 N–H and O–H groups in total. The van der Waals surface area contributed by atoms with Crippen LogP contribution in [0.25, 0.3) is 22.1 Å². The van der Waals surface area contributed by atoms with Gasteiger partial charge < -0.3 is 18.8 Å². The van der Waals surface area contributed by atoms with Crippen molar-refractivity contribution in [1.82, 2.24) is 19.4 Å². The van der Waals surface area contributed by atoms with Crippen molar-refractivity contribution in [2.45, 2.75) is 97.8 Å². The summed E-state index contributed by atoms with van der Waals surface area (Å²) in [5.41, 5.74) is 1.44. The molecule has 2 saturated heterocycles. The summed E-state index contributed by atoms with van der Waals surface area (Å²) in [6.45, 7) is 14.4. The molecule has 228 valence electrons. The van der Waals surface area contributed by atoms with E-state index in [1.807, 2.05) is 33.7 Å². The highest BCUT2D eigenvalue weighted by atomic mass is 16.7. The first kappa shape index (κ1) is 29.0. The van der Waals surface area contributed by atoms with Crippen molar-refractivity contribution in [1.29, 1.82) is 0 Å². The molecule has 2 bridgehead atoms. The second-order valence-electron chi connectivity index (χ2n) is 15.1. The van der Waals surface area contributed by atoms with E-state index in [1.165, 1.54) is 6.42 Å². The van der Waals surface area contributed by atoms with E-state index < -0.39 is 7.12 Å². The summed E-state index contributed by atoms with van der Waals surface area (Å²) in [6.07, 6.45) is 7.52. The standard InChI is InChI=1S/C34H45BN4O4/c1-20(2)13-29(35-42-28-17-23-16-27(33(23,4)5)34(28,6)43-35)38-18-21(3)14-22(32(38)41)15-24(40)19-39-30-25(9-7-11-36-30)26-10-8-12-37-31(26)39/h7-12,20-23,27-29H,13-19H2,1-6H3/t21?,22-,23+,27+,28-,29+,34+/m1/s1. The molecule has 7 atom stereocenters. The fourth-order valence-corrected chi connectivity index (χ4v) is 9.13. The summed E-state index contributed by atoms with van der Waals surface area (Å²) in [4.78, 5) is 39.0. The highest BCUT2D eigenvalue weighted by Crippen LogP contribution is 2.66. The molecule has 0 spiro atoms. The Bertz CT molecular complexity index is 1520. The van der Waals surface area contributed by atoms with E-state index >= 15 is 0 Å². The molecule has 0 radical (unpaired) electrons. The number of ketones is 1. The maximum atomic E-state index is 14.2. The van der Waals surface area contributed by atoms with Crippen molar-refractivity contribution in [2.24, 2.45) is 35.0 Å². The average Bonchev–Trinajstić information content (AvgIpc) is 3.48. The lowest BCUT2D eigenvalue weighted by atomic mass is 9.43. The van der Waals surface area contributed by atoms with Gasteiger partial charge in [-0.1, -0.05) is 34.6 Å². The SMILES string of the molecule is CC(C)C[C@@H](B1O[C@@H]2C[C@@H]3C[C@@H](C3(C)C)[C@]2(C)O1)N1CC(C)C[C@H](CC(=O)Cn2c3ncccc3c3cccnc32)C1=O. The van der Waals surface area contributed by atoms with Gasteiger partial charge in [0, 0.05) is 42.0 Å². The Hall–Kier alpha value is -2.78. The molecule has 3 aromatic heterocycles. The van der Waals surface area contributed by atoms with Crippen LogP contribution < -0.4 is 0 Å². The van der Waals surface area contributed by atoms with Gasteiger partial charge in [-0.25, -0.2) is 9.97 Å². The Kier molecular flexibility index (Phi) is 7.01. The van der Waals surface area contributed by atoms with Crippen LogP contribution in [0.15, 0.2) is 36.7 Å². The summed E-state index contributed by atoms with van der Waals surface area (Å²) < 4.78 is 15.5. The normalized spacial score (nSPS) is 32.3. The van der Waals surface area contributed by atoms with E-state index in [4.69, 9.17) is 9.31 Å². The smallest absolute Gasteiger partial charge is 0.404 e. The minimum absolute atomic E-state index is 0.0248. The van der Waals surface area contributed by atoms with Gasteiger partial charge in [0.25, 0.3) is 0 Å². The molecule has 1 amide bonds. The molecule has 3 aromatic rings. The van der Waals surface area contributed by atoms with E-state index in [1.54, 1.807) is 12.4 Å². The molecular formula is C34H45BN4O4. The maximum absolute atomic E-state index is 14.2. The van der Waals surface area contributed by atoms with Crippen LogP contribution in [-0.4, -0.2) is 62.4 Å². The lowest BCUT2D eigenvalue weighted by Gasteiger charge is -2.64.